The lowest BCUT2D eigenvalue weighted by molar-refractivity contribution is -0.118. The first-order valence-corrected chi connectivity index (χ1v) is 2.49. The van der Waals surface area contributed by atoms with Crippen LogP contribution < -0.4 is 5.73 Å². The van der Waals surface area contributed by atoms with Crippen molar-refractivity contribution in [1.82, 2.24) is 5.73 Å². The van der Waals surface area contributed by atoms with Crippen molar-refractivity contribution in [1.29, 1.82) is 0 Å². The quantitative estimate of drug-likeness (QED) is 0.515. The number of amides is 1. The van der Waals surface area contributed by atoms with E-state index < -0.39 is 5.91 Å². The van der Waals surface area contributed by atoms with Crippen molar-refractivity contribution in [3.63, 3.8) is 0 Å². The Bertz CT molecular complexity index is 61.1. The zero-order valence-electron chi connectivity index (χ0n) is 4.48. The summed E-state index contributed by atoms with van der Waals surface area (Å²) in [6.07, 6.45) is 2.08. The molecule has 0 fully saturated rings. The highest BCUT2D eigenvalue weighted by molar-refractivity contribution is 5.72. The monoisotopic (exact) mass is 99.1 g/mol. The fourth-order valence-electron chi connectivity index (χ4n) is 0.328. The molecule has 0 aromatic heterocycles. The summed E-state index contributed by atoms with van der Waals surface area (Å²) in [5, 5.41) is 0. The second kappa shape index (κ2) is 3.65. The highest BCUT2D eigenvalue weighted by atomic mass is 16.1. The lowest BCUT2D eigenvalue weighted by Gasteiger charge is -1.83. The lowest BCUT2D eigenvalue weighted by atomic mass is 10.2. The molecule has 0 rings (SSSR count). The summed E-state index contributed by atoms with van der Waals surface area (Å²) >= 11 is 0. The molecule has 2 nitrogen and oxygen atoms in total. The predicted octanol–water partition coefficient (Wildman–Crippen LogP) is 0.772. The number of nitrogens with zero attached hydrogens (tertiary/aromatic N) is 1. The van der Waals surface area contributed by atoms with Crippen LogP contribution in [0.4, 0.5) is 0 Å². The van der Waals surface area contributed by atoms with Gasteiger partial charge in [-0.3, -0.25) is 4.79 Å². The highest BCUT2D eigenvalue weighted by Crippen LogP contribution is 1.90. The fourth-order valence-corrected chi connectivity index (χ4v) is 0.328. The Morgan fingerprint density at radius 3 is 2.43 bits per heavy atom. The number of rotatable bonds is 3. The van der Waals surface area contributed by atoms with E-state index >= 15 is 0 Å². The highest BCUT2D eigenvalue weighted by Gasteiger charge is 1.91. The molecular weight excluding hydrogens is 90.1 g/mol. The van der Waals surface area contributed by atoms with Gasteiger partial charge in [-0.25, -0.2) is 0 Å². The smallest absolute Gasteiger partial charge is 0.264 e. The molecule has 0 saturated carbocycles. The molecule has 0 heterocycles. The van der Waals surface area contributed by atoms with E-state index in [1.54, 1.807) is 0 Å². The number of hydrogen-bond donors (Lipinski definition) is 0. The largest absolute Gasteiger partial charge is 0.271 e. The van der Waals surface area contributed by atoms with Gasteiger partial charge in [-0.05, 0) is 6.42 Å². The molecule has 0 atom stereocenters. The molecule has 0 aliphatic heterocycles. The van der Waals surface area contributed by atoms with Gasteiger partial charge >= 0.3 is 0 Å². The van der Waals surface area contributed by atoms with Crippen molar-refractivity contribution < 1.29 is 4.79 Å². The van der Waals surface area contributed by atoms with Crippen LogP contribution in [0.15, 0.2) is 0 Å². The molecule has 0 aromatic carbocycles. The van der Waals surface area contributed by atoms with Crippen molar-refractivity contribution in [2.45, 2.75) is 26.2 Å². The number of carbonyl (C=O) groups is 1. The standard InChI is InChI=1S/C5H9NO/c1-2-3-4-5(6)7/h2-4H2,1H3. The molecule has 0 N–H and O–H groups in total. The third-order valence-corrected chi connectivity index (χ3v) is 0.744. The minimum atomic E-state index is -0.693. The molecular formula is C5H9NO. The van der Waals surface area contributed by atoms with E-state index in [1.165, 1.54) is 0 Å². The maximum atomic E-state index is 9.76. The van der Waals surface area contributed by atoms with Crippen molar-refractivity contribution in [2.24, 2.45) is 0 Å². The fraction of sp³-hybridized carbons (Fsp3) is 0.800. The molecule has 0 aliphatic rings. The van der Waals surface area contributed by atoms with Crippen LogP contribution in [0.2, 0.25) is 0 Å². The molecule has 2 radical (unpaired) electrons. The minimum absolute atomic E-state index is 0.316. The van der Waals surface area contributed by atoms with Gasteiger partial charge < -0.3 is 0 Å². The normalized spacial score (nSPS) is 8.71. The Labute approximate surface area is 43.7 Å². The van der Waals surface area contributed by atoms with Crippen molar-refractivity contribution in [2.75, 3.05) is 0 Å². The van der Waals surface area contributed by atoms with Crippen LogP contribution in [0.1, 0.15) is 26.2 Å². The Balaban J connectivity index is 2.82. The zero-order valence-corrected chi connectivity index (χ0v) is 4.48. The molecule has 0 aliphatic carbocycles. The van der Waals surface area contributed by atoms with Crippen LogP contribution >= 0.6 is 0 Å². The van der Waals surface area contributed by atoms with Crippen molar-refractivity contribution in [3.8, 4) is 0 Å². The maximum absolute atomic E-state index is 9.76. The van der Waals surface area contributed by atoms with Crippen LogP contribution in [-0.4, -0.2) is 5.91 Å². The first-order valence-electron chi connectivity index (χ1n) is 2.49. The van der Waals surface area contributed by atoms with Gasteiger partial charge in [-0.2, -0.15) is 0 Å². The average molecular weight is 99.1 g/mol. The summed E-state index contributed by atoms with van der Waals surface area (Å²) in [7, 11) is 0. The van der Waals surface area contributed by atoms with Crippen LogP contribution in [0.25, 0.3) is 0 Å². The Hall–Kier alpha value is -0.530. The molecule has 0 unspecified atom stereocenters. The molecule has 0 saturated heterocycles. The van der Waals surface area contributed by atoms with Crippen molar-refractivity contribution >= 4 is 5.91 Å². The van der Waals surface area contributed by atoms with E-state index in [0.29, 0.717) is 6.42 Å². The summed E-state index contributed by atoms with van der Waals surface area (Å²) in [5.41, 5.74) is 8.04. The second-order valence-electron chi connectivity index (χ2n) is 1.50. The summed E-state index contributed by atoms with van der Waals surface area (Å²) in [4.78, 5) is 9.76. The summed E-state index contributed by atoms with van der Waals surface area (Å²) in [5.74, 6) is -0.693. The molecule has 2 heteroatoms. The summed E-state index contributed by atoms with van der Waals surface area (Å²) < 4.78 is 0. The van der Waals surface area contributed by atoms with Gasteiger partial charge in [-0.1, -0.05) is 13.3 Å². The van der Waals surface area contributed by atoms with Gasteiger partial charge in [0.1, 0.15) is 0 Å². The molecule has 0 spiro atoms. The topological polar surface area (TPSA) is 39.4 Å². The zero-order chi connectivity index (χ0) is 5.70. The van der Waals surface area contributed by atoms with Gasteiger partial charge in [0.15, 0.2) is 0 Å². The Morgan fingerprint density at radius 1 is 1.71 bits per heavy atom. The predicted molar refractivity (Wildman–Crippen MR) is 26.7 cm³/mol. The molecule has 40 valence electrons. The lowest BCUT2D eigenvalue weighted by Crippen LogP contribution is -1.95. The van der Waals surface area contributed by atoms with Gasteiger partial charge in [0, 0.05) is 6.42 Å². The van der Waals surface area contributed by atoms with E-state index in [0.717, 1.165) is 12.8 Å². The third-order valence-electron chi connectivity index (χ3n) is 0.744. The van der Waals surface area contributed by atoms with E-state index in [1.807, 2.05) is 6.92 Å². The summed E-state index contributed by atoms with van der Waals surface area (Å²) in [6.45, 7) is 1.98. The average Bonchev–Trinajstić information content (AvgIpc) is 1.61. The van der Waals surface area contributed by atoms with Crippen molar-refractivity contribution in [3.05, 3.63) is 0 Å². The Morgan fingerprint density at radius 2 is 2.29 bits per heavy atom. The van der Waals surface area contributed by atoms with Crippen LogP contribution in [0.5, 0.6) is 0 Å². The number of unbranched alkanes of at least 4 members (excludes halogenated alkanes) is 1. The van der Waals surface area contributed by atoms with Crippen LogP contribution in [0, 0.1) is 0 Å². The SMILES string of the molecule is CCCCC([N])=O. The first-order chi connectivity index (χ1) is 3.27. The first kappa shape index (κ1) is 6.47. The maximum Gasteiger partial charge on any atom is 0.264 e. The third kappa shape index (κ3) is 5.47. The molecule has 0 bridgehead atoms. The van der Waals surface area contributed by atoms with E-state index in [9.17, 15) is 4.79 Å². The molecule has 0 aromatic rings. The second-order valence-corrected chi connectivity index (χ2v) is 1.50. The molecule has 1 amide bonds. The van der Waals surface area contributed by atoms with Gasteiger partial charge in [-0.15, -0.1) is 5.73 Å². The molecule has 7 heavy (non-hydrogen) atoms. The van der Waals surface area contributed by atoms with Crippen LogP contribution in [0.3, 0.4) is 0 Å². The summed E-state index contributed by atoms with van der Waals surface area (Å²) in [6, 6.07) is 0. The van der Waals surface area contributed by atoms with Gasteiger partial charge in [0.2, 0.25) is 0 Å². The number of hydrogen-bond acceptors (Lipinski definition) is 1. The van der Waals surface area contributed by atoms with E-state index in [4.69, 9.17) is 5.73 Å². The van der Waals surface area contributed by atoms with Crippen LogP contribution in [-0.2, 0) is 4.79 Å². The van der Waals surface area contributed by atoms with E-state index in [2.05, 4.69) is 0 Å². The van der Waals surface area contributed by atoms with Gasteiger partial charge in [0.25, 0.3) is 5.91 Å². The number of carbonyl (C=O) groups excluding carboxylic acids is 1. The minimum Gasteiger partial charge on any atom is -0.271 e. The Kier molecular flexibility index (Phi) is 3.38. The van der Waals surface area contributed by atoms with Gasteiger partial charge in [0.05, 0.1) is 0 Å². The van der Waals surface area contributed by atoms with E-state index in [-0.39, 0.29) is 0 Å².